The molecule has 0 aliphatic carbocycles. The summed E-state index contributed by atoms with van der Waals surface area (Å²) in [6, 6.07) is 22.6. The van der Waals surface area contributed by atoms with Gasteiger partial charge in [-0.15, -0.1) is 0 Å². The van der Waals surface area contributed by atoms with Crippen molar-refractivity contribution in [2.24, 2.45) is 0 Å². The first-order valence-electron chi connectivity index (χ1n) is 18.4. The Morgan fingerprint density at radius 3 is 1.64 bits per heavy atom. The molecular weight excluding hydrogens is 703 g/mol. The first-order valence-corrected chi connectivity index (χ1v) is 18.4. The summed E-state index contributed by atoms with van der Waals surface area (Å²) in [5.74, 6) is 1.26. The van der Waals surface area contributed by atoms with Crippen molar-refractivity contribution in [3.8, 4) is 11.5 Å². The number of fused-ring (bicyclic) bond motifs is 2. The van der Waals surface area contributed by atoms with E-state index in [0.29, 0.717) is 34.7 Å². The molecule has 4 aromatic carbocycles. The van der Waals surface area contributed by atoms with Crippen LogP contribution in [0.25, 0.3) is 21.8 Å². The van der Waals surface area contributed by atoms with Gasteiger partial charge in [0.1, 0.15) is 17.3 Å². The number of aromatic amines is 2. The van der Waals surface area contributed by atoms with Crippen LogP contribution in [0.3, 0.4) is 0 Å². The van der Waals surface area contributed by atoms with Crippen molar-refractivity contribution in [1.29, 1.82) is 0 Å². The molecule has 55 heavy (non-hydrogen) atoms. The Bertz CT molecular complexity index is 2250. The highest BCUT2D eigenvalue weighted by molar-refractivity contribution is 5.85. The van der Waals surface area contributed by atoms with Crippen LogP contribution >= 0.6 is 0 Å². The van der Waals surface area contributed by atoms with E-state index in [1.165, 1.54) is 30.4 Å². The minimum atomic E-state index is -0.379. The first kappa shape index (κ1) is 39.1. The van der Waals surface area contributed by atoms with E-state index in [9.17, 15) is 14.0 Å². The lowest BCUT2D eigenvalue weighted by atomic mass is 10.00. The maximum atomic E-state index is 13.7. The Morgan fingerprint density at radius 1 is 0.673 bits per heavy atom. The molecule has 2 aromatic heterocycles. The van der Waals surface area contributed by atoms with E-state index in [-0.39, 0.29) is 19.8 Å². The van der Waals surface area contributed by atoms with E-state index >= 15 is 0 Å². The van der Waals surface area contributed by atoms with Gasteiger partial charge in [0.25, 0.3) is 11.1 Å². The lowest BCUT2D eigenvalue weighted by molar-refractivity contribution is 0.109. The number of anilines is 1. The smallest absolute Gasteiger partial charge is 0.258 e. The van der Waals surface area contributed by atoms with Crippen molar-refractivity contribution in [2.45, 2.75) is 25.7 Å². The zero-order chi connectivity index (χ0) is 38.4. The number of hydrogen-bond acceptors (Lipinski definition) is 10. The van der Waals surface area contributed by atoms with Crippen molar-refractivity contribution < 1.29 is 26.2 Å². The summed E-state index contributed by atoms with van der Waals surface area (Å²) in [5, 5.41) is 4.30. The Hall–Kier alpha value is -5.63. The highest BCUT2D eigenvalue weighted by atomic mass is 19.1. The number of aryl methyl sites for hydroxylation is 4. The molecule has 3 N–H and O–H groups in total. The molecule has 0 amide bonds. The molecule has 292 valence electrons. The number of ether oxygens (including phenoxy) is 4. The van der Waals surface area contributed by atoms with Gasteiger partial charge in [0.2, 0.25) is 0 Å². The van der Waals surface area contributed by atoms with Gasteiger partial charge in [-0.1, -0.05) is 24.3 Å². The Labute approximate surface area is 321 Å². The molecule has 2 fully saturated rings. The number of nitrogens with one attached hydrogen (secondary N) is 3. The predicted octanol–water partition coefficient (Wildman–Crippen LogP) is 5.51. The maximum absolute atomic E-state index is 13.7. The molecule has 0 spiro atoms. The number of nitrogens with zero attached hydrogens (tertiary/aromatic N) is 3. The van der Waals surface area contributed by atoms with E-state index in [1.807, 2.05) is 42.5 Å². The lowest BCUT2D eigenvalue weighted by Crippen LogP contribution is -2.36. The fourth-order valence-corrected chi connectivity index (χ4v) is 6.57. The molecule has 2 aliphatic rings. The average molecular weight is 755 g/mol. The quantitative estimate of drug-likeness (QED) is 0.173. The van der Waals surface area contributed by atoms with Crippen LogP contribution in [-0.4, -0.2) is 86.8 Å². The third-order valence-electron chi connectivity index (χ3n) is 9.51. The minimum absolute atomic E-state index is 0. The number of aromatic nitrogens is 4. The average Bonchev–Trinajstić information content (AvgIpc) is 3.23. The number of rotatable bonds is 9. The van der Waals surface area contributed by atoms with Crippen LogP contribution in [0.15, 0.2) is 95.0 Å². The second kappa shape index (κ2) is 19.6. The predicted molar refractivity (Wildman–Crippen MR) is 216 cm³/mol. The van der Waals surface area contributed by atoms with E-state index in [4.69, 9.17) is 18.9 Å². The summed E-state index contributed by atoms with van der Waals surface area (Å²) in [5.41, 5.74) is 5.90. The van der Waals surface area contributed by atoms with Gasteiger partial charge in [0, 0.05) is 40.8 Å². The highest BCUT2D eigenvalue weighted by Gasteiger charge is 2.16. The highest BCUT2D eigenvalue weighted by Crippen LogP contribution is 2.26. The van der Waals surface area contributed by atoms with Crippen molar-refractivity contribution in [3.05, 3.63) is 134 Å². The Kier molecular flexibility index (Phi) is 13.9. The summed E-state index contributed by atoms with van der Waals surface area (Å²) in [4.78, 5) is 40.4. The topological polar surface area (TPSA) is 144 Å². The Morgan fingerprint density at radius 2 is 1.16 bits per heavy atom. The number of methoxy groups -OCH3 is 2. The van der Waals surface area contributed by atoms with Gasteiger partial charge in [0.15, 0.2) is 0 Å². The van der Waals surface area contributed by atoms with Gasteiger partial charge in [-0.25, -0.2) is 14.4 Å². The summed E-state index contributed by atoms with van der Waals surface area (Å²) in [6.45, 7) is 6.99. The summed E-state index contributed by atoms with van der Waals surface area (Å²) in [6.07, 6.45) is 5.65. The van der Waals surface area contributed by atoms with Crippen molar-refractivity contribution in [1.82, 2.24) is 25.3 Å². The number of hydrogen-bond donors (Lipinski definition) is 3. The normalized spacial score (nSPS) is 14.1. The van der Waals surface area contributed by atoms with Crippen LogP contribution in [-0.2, 0) is 35.2 Å². The largest absolute Gasteiger partial charge is 0.497 e. The van der Waals surface area contributed by atoms with Gasteiger partial charge >= 0.3 is 0 Å². The third kappa shape index (κ3) is 10.7. The molecule has 0 atom stereocenters. The second-order valence-corrected chi connectivity index (χ2v) is 13.1. The van der Waals surface area contributed by atoms with Crippen molar-refractivity contribution >= 4 is 27.5 Å². The fourth-order valence-electron chi connectivity index (χ4n) is 6.57. The SMILES string of the molecule is C1COCCN1.COc1ccc(CCc2cc(F)cc3nc[nH]c(=O)c23)cc1.COc1ccc(CCc2cc(N3CCOCC3)cc3nc[nH]c(=O)c23)cc1.[HH].[HH]. The number of benzene rings is 4. The molecule has 0 saturated carbocycles. The van der Waals surface area contributed by atoms with Gasteiger partial charge in [-0.3, -0.25) is 9.59 Å². The fraction of sp³-hybridized carbons (Fsp3) is 0.333. The van der Waals surface area contributed by atoms with Crippen LogP contribution in [0.1, 0.15) is 25.1 Å². The lowest BCUT2D eigenvalue weighted by Gasteiger charge is -2.29. The van der Waals surface area contributed by atoms with Crippen LogP contribution in [0.4, 0.5) is 10.1 Å². The number of halogens is 1. The molecule has 12 nitrogen and oxygen atoms in total. The summed E-state index contributed by atoms with van der Waals surface area (Å²) in [7, 11) is 3.28. The molecule has 0 unspecified atom stereocenters. The molecule has 13 heteroatoms. The van der Waals surface area contributed by atoms with E-state index in [2.05, 4.69) is 48.4 Å². The molecule has 2 saturated heterocycles. The molecule has 8 rings (SSSR count). The van der Waals surface area contributed by atoms with Crippen LogP contribution < -0.4 is 30.8 Å². The van der Waals surface area contributed by atoms with Crippen molar-refractivity contribution in [2.75, 3.05) is 71.7 Å². The molecule has 4 heterocycles. The molecule has 0 bridgehead atoms. The van der Waals surface area contributed by atoms with Crippen LogP contribution in [0, 0.1) is 5.82 Å². The van der Waals surface area contributed by atoms with Gasteiger partial charge in [-0.05, 0) is 90.4 Å². The molecule has 0 radical (unpaired) electrons. The van der Waals surface area contributed by atoms with Crippen LogP contribution in [0.2, 0.25) is 0 Å². The van der Waals surface area contributed by atoms with E-state index < -0.39 is 0 Å². The van der Waals surface area contributed by atoms with E-state index in [1.54, 1.807) is 14.2 Å². The summed E-state index contributed by atoms with van der Waals surface area (Å²) >= 11 is 0. The Balaban J connectivity index is 0.000000216. The van der Waals surface area contributed by atoms with Gasteiger partial charge in [-0.2, -0.15) is 0 Å². The first-order chi connectivity index (χ1) is 26.9. The molecular formula is C42H51FN6O6. The number of morpholine rings is 2. The van der Waals surface area contributed by atoms with Gasteiger partial charge in [0.05, 0.1) is 75.1 Å². The number of H-pyrrole nitrogens is 2. The maximum Gasteiger partial charge on any atom is 0.258 e. The second-order valence-electron chi connectivity index (χ2n) is 13.1. The minimum Gasteiger partial charge on any atom is -0.497 e. The third-order valence-corrected chi connectivity index (χ3v) is 9.51. The standard InChI is InChI=1S/C21H23N3O3.C17H15FN2O2.C4H9NO.2H2/c1-26-18-6-3-15(4-7-18)2-5-16-12-17(24-8-10-27-11-9-24)13-19-20(16)21(25)23-14-22-19;1-22-14-6-3-11(4-7-14)2-5-12-8-13(18)9-15-16(12)17(21)20-10-19-15;1-3-6-4-2-5-1;;/h3-4,6-7,12-14H,2,5,8-11H2,1H3,(H,22,23,25);3-4,6-10H,2,5H2,1H3,(H,19,20,21);5H,1-4H2;2*1H. The zero-order valence-electron chi connectivity index (χ0n) is 31.2. The van der Waals surface area contributed by atoms with Gasteiger partial charge < -0.3 is 39.1 Å². The molecule has 2 aliphatic heterocycles. The zero-order valence-corrected chi connectivity index (χ0v) is 31.2. The summed E-state index contributed by atoms with van der Waals surface area (Å²) < 4.78 is 34.5. The monoisotopic (exact) mass is 754 g/mol. The van der Waals surface area contributed by atoms with Crippen molar-refractivity contribution in [3.63, 3.8) is 0 Å². The van der Waals surface area contributed by atoms with Crippen LogP contribution in [0.5, 0.6) is 11.5 Å². The molecule has 6 aromatic rings. The van der Waals surface area contributed by atoms with E-state index in [0.717, 1.165) is 99.3 Å².